The van der Waals surface area contributed by atoms with Crippen LogP contribution in [0.25, 0.3) is 6.08 Å². The smallest absolute Gasteiger partial charge is 0.335 e. The van der Waals surface area contributed by atoms with Gasteiger partial charge in [-0.1, -0.05) is 18.2 Å². The fraction of sp³-hybridized carbons (Fsp3) is 0.385. The number of aromatic carboxylic acids is 1. The van der Waals surface area contributed by atoms with E-state index < -0.39 is 5.97 Å². The lowest BCUT2D eigenvalue weighted by molar-refractivity contribution is -0.00614. The molecule has 4 bridgehead atoms. The number of ketones is 1. The molecule has 0 saturated heterocycles. The number of phenols is 1. The first-order valence-electron chi connectivity index (χ1n) is 10.8. The summed E-state index contributed by atoms with van der Waals surface area (Å²) in [6, 6.07) is 11.7. The maximum Gasteiger partial charge on any atom is 0.335 e. The number of hydrogen-bond donors (Lipinski definition) is 2. The van der Waals surface area contributed by atoms with Crippen LogP contribution in [0.3, 0.4) is 0 Å². The zero-order chi connectivity index (χ0) is 20.9. The number of carbonyl (C=O) groups excluding carboxylic acids is 1. The van der Waals surface area contributed by atoms with Crippen LogP contribution in [-0.2, 0) is 5.41 Å². The fourth-order valence-electron chi connectivity index (χ4n) is 6.56. The van der Waals surface area contributed by atoms with Crippen LogP contribution in [0.5, 0.6) is 5.75 Å². The van der Waals surface area contributed by atoms with Crippen LogP contribution in [0.2, 0.25) is 0 Å². The lowest BCUT2D eigenvalue weighted by Crippen LogP contribution is -2.48. The highest BCUT2D eigenvalue weighted by atomic mass is 16.4. The third-order valence-corrected chi connectivity index (χ3v) is 7.48. The van der Waals surface area contributed by atoms with E-state index in [0.29, 0.717) is 11.3 Å². The molecule has 4 nitrogen and oxygen atoms in total. The summed E-state index contributed by atoms with van der Waals surface area (Å²) in [6.07, 6.45) is 10.6. The van der Waals surface area contributed by atoms with E-state index in [0.717, 1.165) is 48.1 Å². The van der Waals surface area contributed by atoms with Crippen LogP contribution in [0.1, 0.15) is 70.4 Å². The zero-order valence-electron chi connectivity index (χ0n) is 16.9. The number of carboxylic acid groups (broad SMARTS) is 1. The Morgan fingerprint density at radius 1 is 0.867 bits per heavy atom. The van der Waals surface area contributed by atoms with Crippen molar-refractivity contribution in [3.63, 3.8) is 0 Å². The minimum Gasteiger partial charge on any atom is -0.508 e. The molecule has 2 aromatic rings. The second-order valence-electron chi connectivity index (χ2n) is 9.55. The normalized spacial score (nSPS) is 29.4. The molecule has 0 radical (unpaired) electrons. The van der Waals surface area contributed by atoms with Crippen molar-refractivity contribution in [3.05, 3.63) is 70.8 Å². The molecule has 4 heteroatoms. The summed E-state index contributed by atoms with van der Waals surface area (Å²) in [7, 11) is 0. The molecule has 154 valence electrons. The average Bonchev–Trinajstić information content (AvgIpc) is 2.71. The molecule has 0 amide bonds. The molecule has 2 N–H and O–H groups in total. The largest absolute Gasteiger partial charge is 0.508 e. The number of carbonyl (C=O) groups is 2. The maximum absolute atomic E-state index is 12.8. The Morgan fingerprint density at radius 3 is 2.00 bits per heavy atom. The Hall–Kier alpha value is -2.88. The van der Waals surface area contributed by atoms with E-state index in [9.17, 15) is 14.7 Å². The van der Waals surface area contributed by atoms with Crippen LogP contribution >= 0.6 is 0 Å². The van der Waals surface area contributed by atoms with E-state index in [2.05, 4.69) is 0 Å². The third-order valence-electron chi connectivity index (χ3n) is 7.48. The number of rotatable bonds is 5. The van der Waals surface area contributed by atoms with Gasteiger partial charge in [0.05, 0.1) is 5.56 Å². The first kappa shape index (κ1) is 19.1. The highest BCUT2D eigenvalue weighted by Gasteiger charge is 2.52. The molecule has 0 spiro atoms. The minimum atomic E-state index is -0.970. The Labute approximate surface area is 176 Å². The van der Waals surface area contributed by atoms with Crippen molar-refractivity contribution < 1.29 is 19.8 Å². The van der Waals surface area contributed by atoms with Crippen molar-refractivity contribution in [1.29, 1.82) is 0 Å². The molecule has 30 heavy (non-hydrogen) atoms. The van der Waals surface area contributed by atoms with E-state index in [1.807, 2.05) is 6.07 Å². The van der Waals surface area contributed by atoms with Gasteiger partial charge in [0.25, 0.3) is 0 Å². The average molecular weight is 402 g/mol. The topological polar surface area (TPSA) is 74.6 Å². The Morgan fingerprint density at radius 2 is 1.43 bits per heavy atom. The number of phenolic OH excluding ortho intramolecular Hbond substituents is 1. The van der Waals surface area contributed by atoms with E-state index in [1.54, 1.807) is 30.3 Å². The Balaban J connectivity index is 1.39. The number of carboxylic acids is 1. The molecule has 4 saturated carbocycles. The second kappa shape index (κ2) is 7.12. The van der Waals surface area contributed by atoms with Crippen LogP contribution in [0.15, 0.2) is 48.5 Å². The standard InChI is InChI=1S/C26H26O4/c27-23(7-3-16-1-4-20(5-2-16)25(29)30)21-6-8-24(28)22(12-21)26-13-17-9-18(14-26)11-19(10-17)15-26/h1-8,12,17-19,28H,9-11,13-15H2,(H,29,30)/b7-3+. The van der Waals surface area contributed by atoms with Crippen molar-refractivity contribution in [2.75, 3.05) is 0 Å². The summed E-state index contributed by atoms with van der Waals surface area (Å²) < 4.78 is 0. The Bertz CT molecular complexity index is 996. The van der Waals surface area contributed by atoms with Gasteiger partial charge in [-0.15, -0.1) is 0 Å². The molecule has 0 unspecified atom stereocenters. The SMILES string of the molecule is O=C(O)c1ccc(/C=C/C(=O)c2ccc(O)c(C34CC5CC(CC(C5)C3)C4)c2)cc1. The molecular formula is C26H26O4. The van der Waals surface area contributed by atoms with Gasteiger partial charge in [0.2, 0.25) is 0 Å². The van der Waals surface area contributed by atoms with Crippen molar-refractivity contribution in [1.82, 2.24) is 0 Å². The molecule has 2 aromatic carbocycles. The lowest BCUT2D eigenvalue weighted by atomic mass is 9.48. The van der Waals surface area contributed by atoms with E-state index in [1.165, 1.54) is 37.5 Å². The van der Waals surface area contributed by atoms with E-state index in [4.69, 9.17) is 5.11 Å². The lowest BCUT2D eigenvalue weighted by Gasteiger charge is -2.57. The van der Waals surface area contributed by atoms with Gasteiger partial charge in [-0.25, -0.2) is 4.79 Å². The van der Waals surface area contributed by atoms with Gasteiger partial charge in [0.1, 0.15) is 5.75 Å². The van der Waals surface area contributed by atoms with Gasteiger partial charge in [-0.05, 0) is 104 Å². The number of benzene rings is 2. The van der Waals surface area contributed by atoms with Gasteiger partial charge in [-0.3, -0.25) is 4.79 Å². The second-order valence-corrected chi connectivity index (χ2v) is 9.55. The molecular weight excluding hydrogens is 376 g/mol. The predicted molar refractivity (Wildman–Crippen MR) is 115 cm³/mol. The molecule has 4 aliphatic rings. The van der Waals surface area contributed by atoms with Crippen molar-refractivity contribution in [2.24, 2.45) is 17.8 Å². The van der Waals surface area contributed by atoms with Gasteiger partial charge < -0.3 is 10.2 Å². The van der Waals surface area contributed by atoms with Crippen molar-refractivity contribution in [2.45, 2.75) is 43.9 Å². The first-order chi connectivity index (χ1) is 14.4. The highest BCUT2D eigenvalue weighted by Crippen LogP contribution is 2.61. The summed E-state index contributed by atoms with van der Waals surface area (Å²) in [5.74, 6) is 1.55. The molecule has 0 heterocycles. The molecule has 4 fully saturated rings. The maximum atomic E-state index is 12.8. The molecule has 0 aliphatic heterocycles. The summed E-state index contributed by atoms with van der Waals surface area (Å²) in [4.78, 5) is 23.8. The fourth-order valence-corrected chi connectivity index (χ4v) is 6.56. The van der Waals surface area contributed by atoms with Crippen LogP contribution in [0, 0.1) is 17.8 Å². The first-order valence-corrected chi connectivity index (χ1v) is 10.8. The van der Waals surface area contributed by atoms with E-state index >= 15 is 0 Å². The Kier molecular flexibility index (Phi) is 4.53. The quantitative estimate of drug-likeness (QED) is 0.515. The number of aromatic hydroxyl groups is 1. The molecule has 0 aromatic heterocycles. The molecule has 6 rings (SSSR count). The van der Waals surface area contributed by atoms with Crippen LogP contribution < -0.4 is 0 Å². The monoisotopic (exact) mass is 402 g/mol. The highest BCUT2D eigenvalue weighted by molar-refractivity contribution is 6.07. The van der Waals surface area contributed by atoms with Gasteiger partial charge in [-0.2, -0.15) is 0 Å². The number of allylic oxidation sites excluding steroid dienone is 1. The summed E-state index contributed by atoms with van der Waals surface area (Å²) in [5, 5.41) is 19.7. The summed E-state index contributed by atoms with van der Waals surface area (Å²) in [5.41, 5.74) is 2.58. The molecule has 4 aliphatic carbocycles. The number of hydrogen-bond acceptors (Lipinski definition) is 3. The van der Waals surface area contributed by atoms with Gasteiger partial charge in [0.15, 0.2) is 5.78 Å². The van der Waals surface area contributed by atoms with Gasteiger partial charge >= 0.3 is 5.97 Å². The molecule has 0 atom stereocenters. The van der Waals surface area contributed by atoms with Crippen molar-refractivity contribution >= 4 is 17.8 Å². The van der Waals surface area contributed by atoms with E-state index in [-0.39, 0.29) is 16.8 Å². The predicted octanol–water partition coefficient (Wildman–Crippen LogP) is 5.45. The van der Waals surface area contributed by atoms with Crippen LogP contribution in [0.4, 0.5) is 0 Å². The van der Waals surface area contributed by atoms with Gasteiger partial charge in [0, 0.05) is 11.1 Å². The van der Waals surface area contributed by atoms with Crippen molar-refractivity contribution in [3.8, 4) is 5.75 Å². The minimum absolute atomic E-state index is 0.0332. The zero-order valence-corrected chi connectivity index (χ0v) is 16.9. The third kappa shape index (κ3) is 3.34. The van der Waals surface area contributed by atoms with Crippen LogP contribution in [-0.4, -0.2) is 22.0 Å². The summed E-state index contributed by atoms with van der Waals surface area (Å²) in [6.45, 7) is 0. The summed E-state index contributed by atoms with van der Waals surface area (Å²) >= 11 is 0.